The number of carbonyl (C=O) groups excluding carboxylic acids is 1. The highest BCUT2D eigenvalue weighted by molar-refractivity contribution is 7.22. The molecule has 4 aromatic rings. The Morgan fingerprint density at radius 1 is 1.11 bits per heavy atom. The van der Waals surface area contributed by atoms with Crippen molar-refractivity contribution in [1.29, 1.82) is 0 Å². The van der Waals surface area contributed by atoms with Crippen LogP contribution in [0, 0.1) is 11.3 Å². The molecule has 0 amide bonds. The van der Waals surface area contributed by atoms with Crippen molar-refractivity contribution in [3.8, 4) is 17.0 Å². The summed E-state index contributed by atoms with van der Waals surface area (Å²) in [4.78, 5) is 17.2. The van der Waals surface area contributed by atoms with Gasteiger partial charge in [0, 0.05) is 48.6 Å². The van der Waals surface area contributed by atoms with Crippen LogP contribution >= 0.6 is 11.3 Å². The molecule has 1 spiro atoms. The Balaban J connectivity index is 1.09. The molecule has 1 atom stereocenters. The molecule has 1 unspecified atom stereocenters. The van der Waals surface area contributed by atoms with Crippen LogP contribution in [-0.2, 0) is 4.79 Å². The molecule has 1 aromatic carbocycles. The second-order valence-electron chi connectivity index (χ2n) is 11.3. The van der Waals surface area contributed by atoms with E-state index < -0.39 is 0 Å². The van der Waals surface area contributed by atoms with E-state index in [9.17, 15) is 9.90 Å². The zero-order chi connectivity index (χ0) is 25.3. The molecule has 190 valence electrons. The predicted molar refractivity (Wildman–Crippen MR) is 143 cm³/mol. The van der Waals surface area contributed by atoms with Crippen LogP contribution in [0.3, 0.4) is 0 Å². The summed E-state index contributed by atoms with van der Waals surface area (Å²) in [5.74, 6) is 2.23. The van der Waals surface area contributed by atoms with E-state index in [1.165, 1.54) is 28.8 Å². The average Bonchev–Trinajstić information content (AvgIpc) is 3.43. The SMILES string of the molecule is CC(C)C(C=O)c1cc(N2CC3(C2)CN(c2sc4nnc(-c5ccccc5O)cc4c2C2CC2)C3)no1. The fourth-order valence-corrected chi connectivity index (χ4v) is 7.09. The third-order valence-electron chi connectivity index (χ3n) is 8.07. The van der Waals surface area contributed by atoms with Gasteiger partial charge in [-0.1, -0.05) is 42.5 Å². The summed E-state index contributed by atoms with van der Waals surface area (Å²) in [6.07, 6.45) is 3.38. The highest BCUT2D eigenvalue weighted by atomic mass is 32.1. The maximum Gasteiger partial charge on any atom is 0.172 e. The van der Waals surface area contributed by atoms with Gasteiger partial charge in [0.2, 0.25) is 0 Å². The van der Waals surface area contributed by atoms with E-state index in [0.29, 0.717) is 22.9 Å². The van der Waals surface area contributed by atoms with Gasteiger partial charge in [0.25, 0.3) is 0 Å². The number of carbonyl (C=O) groups is 1. The Bertz CT molecular complexity index is 1490. The van der Waals surface area contributed by atoms with Crippen molar-refractivity contribution in [3.05, 3.63) is 47.7 Å². The number of hydrogen-bond acceptors (Lipinski definition) is 9. The van der Waals surface area contributed by atoms with Crippen LogP contribution < -0.4 is 9.80 Å². The standard InChI is InChI=1S/C28H29N5O3S/c1-16(2)20(11-34)23-10-24(31-36-23)32-12-28(13-32)14-33(15-28)27-25(17-7-8-17)19-9-21(29-30-26(19)37-27)18-5-3-4-6-22(18)35/h3-6,9-11,16-17,20,35H,7-8,12-15H2,1-2H3. The monoisotopic (exact) mass is 515 g/mol. The molecule has 8 nitrogen and oxygen atoms in total. The van der Waals surface area contributed by atoms with Crippen LogP contribution in [0.2, 0.25) is 0 Å². The zero-order valence-corrected chi connectivity index (χ0v) is 21.7. The Labute approximate surface area is 218 Å². The van der Waals surface area contributed by atoms with Crippen LogP contribution in [0.5, 0.6) is 5.75 Å². The molecule has 2 aliphatic heterocycles. The maximum absolute atomic E-state index is 11.5. The molecule has 0 bridgehead atoms. The van der Waals surface area contributed by atoms with Crippen molar-refractivity contribution in [3.63, 3.8) is 0 Å². The smallest absolute Gasteiger partial charge is 0.172 e. The fraction of sp³-hybridized carbons (Fsp3) is 0.429. The molecule has 9 heteroatoms. The minimum atomic E-state index is -0.251. The van der Waals surface area contributed by atoms with Crippen molar-refractivity contribution in [2.45, 2.75) is 38.5 Å². The summed E-state index contributed by atoms with van der Waals surface area (Å²) in [6, 6.07) is 11.3. The first-order valence-corrected chi connectivity index (χ1v) is 13.8. The number of aromatic hydroxyl groups is 1. The molecular weight excluding hydrogens is 486 g/mol. The first kappa shape index (κ1) is 22.7. The Morgan fingerprint density at radius 3 is 2.57 bits per heavy atom. The zero-order valence-electron chi connectivity index (χ0n) is 20.9. The number of aromatic nitrogens is 3. The molecule has 0 radical (unpaired) electrons. The first-order valence-electron chi connectivity index (χ1n) is 12.9. The third kappa shape index (κ3) is 3.70. The van der Waals surface area contributed by atoms with Gasteiger partial charge in [0.1, 0.15) is 22.6 Å². The van der Waals surface area contributed by atoms with Gasteiger partial charge in [0.05, 0.1) is 16.6 Å². The number of phenols is 1. The summed E-state index contributed by atoms with van der Waals surface area (Å²) >= 11 is 1.74. The molecule has 1 aliphatic carbocycles. The van der Waals surface area contributed by atoms with Gasteiger partial charge >= 0.3 is 0 Å². The lowest BCUT2D eigenvalue weighted by molar-refractivity contribution is -0.110. The first-order chi connectivity index (χ1) is 17.9. The number of aldehydes is 1. The molecule has 1 saturated carbocycles. The Kier molecular flexibility index (Phi) is 5.08. The van der Waals surface area contributed by atoms with Crippen LogP contribution in [0.1, 0.15) is 49.8 Å². The van der Waals surface area contributed by atoms with Crippen molar-refractivity contribution in [1.82, 2.24) is 15.4 Å². The number of thiophene rings is 1. The number of fused-ring (bicyclic) bond motifs is 1. The predicted octanol–water partition coefficient (Wildman–Crippen LogP) is 5.19. The van der Waals surface area contributed by atoms with Crippen molar-refractivity contribution in [2.75, 3.05) is 36.0 Å². The molecular formula is C28H29N5O3S. The summed E-state index contributed by atoms with van der Waals surface area (Å²) in [5, 5.41) is 26.1. The molecule has 5 heterocycles. The van der Waals surface area contributed by atoms with Crippen LogP contribution in [-0.4, -0.2) is 52.9 Å². The van der Waals surface area contributed by atoms with Gasteiger partial charge in [-0.25, -0.2) is 0 Å². The molecule has 3 fully saturated rings. The lowest BCUT2D eigenvalue weighted by atomic mass is 9.73. The summed E-state index contributed by atoms with van der Waals surface area (Å²) in [5.41, 5.74) is 3.11. The lowest BCUT2D eigenvalue weighted by Gasteiger charge is -2.60. The van der Waals surface area contributed by atoms with Gasteiger partial charge in [-0.3, -0.25) is 0 Å². The number of hydrogen-bond donors (Lipinski definition) is 1. The maximum atomic E-state index is 11.5. The molecule has 1 N–H and O–H groups in total. The van der Waals surface area contributed by atoms with Gasteiger partial charge < -0.3 is 24.2 Å². The average molecular weight is 516 g/mol. The molecule has 3 aliphatic rings. The van der Waals surface area contributed by atoms with Crippen LogP contribution in [0.4, 0.5) is 10.8 Å². The van der Waals surface area contributed by atoms with Crippen LogP contribution in [0.25, 0.3) is 21.5 Å². The summed E-state index contributed by atoms with van der Waals surface area (Å²) < 4.78 is 5.52. The van der Waals surface area contributed by atoms with Crippen molar-refractivity contribution >= 4 is 38.7 Å². The minimum Gasteiger partial charge on any atom is -0.507 e. The third-order valence-corrected chi connectivity index (χ3v) is 9.23. The van der Waals surface area contributed by atoms with Gasteiger partial charge in [-0.2, -0.15) is 0 Å². The van der Waals surface area contributed by atoms with Gasteiger partial charge in [-0.15, -0.1) is 10.2 Å². The Hall–Kier alpha value is -3.46. The van der Waals surface area contributed by atoms with Gasteiger partial charge in [-0.05, 0) is 48.4 Å². The number of phenolic OH excluding ortho intramolecular Hbond substituents is 1. The van der Waals surface area contributed by atoms with Crippen molar-refractivity contribution < 1.29 is 14.4 Å². The van der Waals surface area contributed by atoms with Crippen molar-refractivity contribution in [2.24, 2.45) is 11.3 Å². The van der Waals surface area contributed by atoms with E-state index in [1.54, 1.807) is 17.4 Å². The van der Waals surface area contributed by atoms with E-state index in [4.69, 9.17) is 4.52 Å². The molecule has 3 aromatic heterocycles. The van der Waals surface area contributed by atoms with E-state index in [-0.39, 0.29) is 23.0 Å². The number of benzene rings is 1. The Morgan fingerprint density at radius 2 is 1.86 bits per heavy atom. The van der Waals surface area contributed by atoms with E-state index in [0.717, 1.165) is 43.1 Å². The van der Waals surface area contributed by atoms with Gasteiger partial charge in [0.15, 0.2) is 5.82 Å². The quantitative estimate of drug-likeness (QED) is 0.336. The molecule has 37 heavy (non-hydrogen) atoms. The van der Waals surface area contributed by atoms with Crippen LogP contribution in [0.15, 0.2) is 40.9 Å². The van der Waals surface area contributed by atoms with E-state index >= 15 is 0 Å². The normalized spacial score (nSPS) is 19.3. The second kappa shape index (κ2) is 8.28. The lowest BCUT2D eigenvalue weighted by Crippen LogP contribution is -2.72. The second-order valence-corrected chi connectivity index (χ2v) is 12.2. The fourth-order valence-electron chi connectivity index (χ4n) is 5.90. The van der Waals surface area contributed by atoms with E-state index in [1.807, 2.05) is 38.1 Å². The summed E-state index contributed by atoms with van der Waals surface area (Å²) in [7, 11) is 0. The minimum absolute atomic E-state index is 0.183. The number of para-hydroxylation sites is 1. The largest absolute Gasteiger partial charge is 0.507 e. The highest BCUT2D eigenvalue weighted by Crippen LogP contribution is 2.54. The number of nitrogens with zero attached hydrogens (tertiary/aromatic N) is 5. The summed E-state index contributed by atoms with van der Waals surface area (Å²) in [6.45, 7) is 7.97. The number of anilines is 2. The number of rotatable bonds is 7. The topological polar surface area (TPSA) is 95.6 Å². The molecule has 2 saturated heterocycles. The highest BCUT2D eigenvalue weighted by Gasteiger charge is 2.53. The molecule has 7 rings (SSSR count). The van der Waals surface area contributed by atoms with E-state index in [2.05, 4.69) is 31.2 Å².